The molecule has 1 fully saturated rings. The molecule has 2 aromatic carbocycles. The normalized spacial score (nSPS) is 19.0. The number of benzene rings is 2. The van der Waals surface area contributed by atoms with Crippen LogP contribution in [0.15, 0.2) is 45.6 Å². The highest BCUT2D eigenvalue weighted by atomic mass is 16.5. The summed E-state index contributed by atoms with van der Waals surface area (Å²) in [5.41, 5.74) is 1.85. The first-order valence-corrected chi connectivity index (χ1v) is 9.50. The van der Waals surface area contributed by atoms with Gasteiger partial charge in [-0.2, -0.15) is 10.5 Å². The van der Waals surface area contributed by atoms with Crippen LogP contribution in [0.5, 0.6) is 11.5 Å². The summed E-state index contributed by atoms with van der Waals surface area (Å²) in [5, 5.41) is 20.8. The molecule has 150 valence electrons. The van der Waals surface area contributed by atoms with E-state index >= 15 is 0 Å². The van der Waals surface area contributed by atoms with Crippen LogP contribution in [0.3, 0.4) is 0 Å². The Kier molecular flexibility index (Phi) is 4.51. The van der Waals surface area contributed by atoms with Gasteiger partial charge >= 0.3 is 5.63 Å². The van der Waals surface area contributed by atoms with E-state index in [9.17, 15) is 15.3 Å². The average Bonchev–Trinajstić information content (AvgIpc) is 3.41. The van der Waals surface area contributed by atoms with E-state index in [0.29, 0.717) is 28.2 Å². The number of hydrogen-bond acceptors (Lipinski definition) is 6. The van der Waals surface area contributed by atoms with Gasteiger partial charge in [0.2, 0.25) is 0 Å². The number of aryl methyl sites for hydroxylation is 2. The SMILES string of the molecule is COc1cccc(C2C(c3cc(=O)oc4c(C)cc(C)cc34)C2(C#N)C#N)c1OC. The lowest BCUT2D eigenvalue weighted by Crippen LogP contribution is -2.04. The number of methoxy groups -OCH3 is 2. The van der Waals surface area contributed by atoms with Gasteiger partial charge in [0, 0.05) is 28.9 Å². The van der Waals surface area contributed by atoms with Crippen LogP contribution >= 0.6 is 0 Å². The molecule has 30 heavy (non-hydrogen) atoms. The molecule has 6 nitrogen and oxygen atoms in total. The Morgan fingerprint density at radius 1 is 1.00 bits per heavy atom. The van der Waals surface area contributed by atoms with E-state index in [2.05, 4.69) is 12.1 Å². The van der Waals surface area contributed by atoms with E-state index in [1.54, 1.807) is 12.1 Å². The van der Waals surface area contributed by atoms with E-state index in [1.165, 1.54) is 20.3 Å². The molecule has 0 radical (unpaired) electrons. The van der Waals surface area contributed by atoms with Crippen molar-refractivity contribution in [2.75, 3.05) is 14.2 Å². The molecule has 0 N–H and O–H groups in total. The van der Waals surface area contributed by atoms with Crippen molar-refractivity contribution >= 4 is 11.0 Å². The second kappa shape index (κ2) is 6.93. The van der Waals surface area contributed by atoms with E-state index < -0.39 is 22.9 Å². The number of ether oxygens (including phenoxy) is 2. The minimum Gasteiger partial charge on any atom is -0.493 e. The molecule has 2 unspecified atom stereocenters. The maximum absolute atomic E-state index is 12.4. The Morgan fingerprint density at radius 2 is 1.70 bits per heavy atom. The zero-order chi connectivity index (χ0) is 21.6. The van der Waals surface area contributed by atoms with Crippen LogP contribution in [-0.4, -0.2) is 14.2 Å². The molecule has 1 aliphatic rings. The van der Waals surface area contributed by atoms with Gasteiger partial charge in [-0.25, -0.2) is 4.79 Å². The van der Waals surface area contributed by atoms with Crippen molar-refractivity contribution in [3.63, 3.8) is 0 Å². The van der Waals surface area contributed by atoms with Crippen LogP contribution in [0.25, 0.3) is 11.0 Å². The molecular weight excluding hydrogens is 380 g/mol. The summed E-state index contributed by atoms with van der Waals surface area (Å²) >= 11 is 0. The van der Waals surface area contributed by atoms with Crippen molar-refractivity contribution in [3.8, 4) is 23.6 Å². The van der Waals surface area contributed by atoms with Crippen molar-refractivity contribution in [2.45, 2.75) is 25.7 Å². The Balaban J connectivity index is 2.00. The first-order valence-electron chi connectivity index (χ1n) is 9.50. The molecule has 1 aliphatic carbocycles. The fraction of sp³-hybridized carbons (Fsp3) is 0.292. The van der Waals surface area contributed by atoms with Crippen molar-refractivity contribution in [1.29, 1.82) is 10.5 Å². The number of fused-ring (bicyclic) bond motifs is 1. The molecule has 0 bridgehead atoms. The first kappa shape index (κ1) is 19.5. The standard InChI is InChI=1S/C24H20N2O4/c1-13-8-14(2)22-17(9-13)16(10-19(27)30-22)21-20(24(21,11-25)12-26)15-6-5-7-18(28-3)23(15)29-4/h5-10,20-21H,1-4H3. The lowest BCUT2D eigenvalue weighted by molar-refractivity contribution is 0.351. The summed E-state index contributed by atoms with van der Waals surface area (Å²) in [4.78, 5) is 12.4. The Morgan fingerprint density at radius 3 is 2.33 bits per heavy atom. The highest BCUT2D eigenvalue weighted by Crippen LogP contribution is 2.71. The molecule has 0 amide bonds. The number of nitriles is 2. The van der Waals surface area contributed by atoms with E-state index in [1.807, 2.05) is 32.0 Å². The molecule has 6 heteroatoms. The highest BCUT2D eigenvalue weighted by Gasteiger charge is 2.69. The fourth-order valence-corrected chi connectivity index (χ4v) is 4.59. The first-order chi connectivity index (χ1) is 14.4. The minimum absolute atomic E-state index is 0.469. The number of hydrogen-bond donors (Lipinski definition) is 0. The summed E-state index contributed by atoms with van der Waals surface area (Å²) in [5.74, 6) is 0.0428. The summed E-state index contributed by atoms with van der Waals surface area (Å²) < 4.78 is 16.4. The van der Waals surface area contributed by atoms with Gasteiger partial charge < -0.3 is 13.9 Å². The van der Waals surface area contributed by atoms with Gasteiger partial charge in [0.25, 0.3) is 0 Å². The maximum atomic E-state index is 12.4. The summed E-state index contributed by atoms with van der Waals surface area (Å²) in [6.07, 6.45) is 0. The number of para-hydroxylation sites is 1. The highest BCUT2D eigenvalue weighted by molar-refractivity contribution is 5.86. The third-order valence-corrected chi connectivity index (χ3v) is 5.88. The largest absolute Gasteiger partial charge is 0.493 e. The third-order valence-electron chi connectivity index (χ3n) is 5.88. The van der Waals surface area contributed by atoms with Crippen molar-refractivity contribution in [2.24, 2.45) is 5.41 Å². The van der Waals surface area contributed by atoms with Crippen LogP contribution in [0.1, 0.15) is 34.1 Å². The van der Waals surface area contributed by atoms with Crippen LogP contribution in [-0.2, 0) is 0 Å². The lowest BCUT2D eigenvalue weighted by Gasteiger charge is -2.13. The van der Waals surface area contributed by atoms with Crippen molar-refractivity contribution in [3.05, 3.63) is 69.1 Å². The molecule has 0 saturated heterocycles. The summed E-state index contributed by atoms with van der Waals surface area (Å²) in [6.45, 7) is 3.83. The van der Waals surface area contributed by atoms with E-state index in [0.717, 1.165) is 16.5 Å². The molecule has 2 atom stereocenters. The number of nitrogens with zero attached hydrogens (tertiary/aromatic N) is 2. The van der Waals surface area contributed by atoms with E-state index in [-0.39, 0.29) is 0 Å². The molecular formula is C24H20N2O4. The summed E-state index contributed by atoms with van der Waals surface area (Å²) in [7, 11) is 3.06. The average molecular weight is 400 g/mol. The quantitative estimate of drug-likeness (QED) is 0.605. The molecule has 1 heterocycles. The number of rotatable bonds is 4. The predicted molar refractivity (Wildman–Crippen MR) is 111 cm³/mol. The van der Waals surface area contributed by atoms with Gasteiger partial charge in [-0.1, -0.05) is 18.2 Å². The van der Waals surface area contributed by atoms with Crippen molar-refractivity contribution < 1.29 is 13.9 Å². The fourth-order valence-electron chi connectivity index (χ4n) is 4.59. The van der Waals surface area contributed by atoms with Gasteiger partial charge in [0.15, 0.2) is 16.9 Å². The second-order valence-electron chi connectivity index (χ2n) is 7.61. The van der Waals surface area contributed by atoms with E-state index in [4.69, 9.17) is 13.9 Å². The third kappa shape index (κ3) is 2.65. The molecule has 4 rings (SSSR count). The summed E-state index contributed by atoms with van der Waals surface area (Å²) in [6, 6.07) is 15.1. The van der Waals surface area contributed by atoms with Gasteiger partial charge in [0.1, 0.15) is 5.58 Å². The molecule has 0 aliphatic heterocycles. The molecule has 0 spiro atoms. The van der Waals surface area contributed by atoms with Crippen LogP contribution in [0, 0.1) is 41.9 Å². The zero-order valence-corrected chi connectivity index (χ0v) is 17.1. The van der Waals surface area contributed by atoms with Gasteiger partial charge in [-0.05, 0) is 42.7 Å². The second-order valence-corrected chi connectivity index (χ2v) is 7.61. The Labute approximate surface area is 173 Å². The predicted octanol–water partition coefficient (Wildman–Crippen LogP) is 4.34. The van der Waals surface area contributed by atoms with Crippen molar-refractivity contribution in [1.82, 2.24) is 0 Å². The zero-order valence-electron chi connectivity index (χ0n) is 17.1. The monoisotopic (exact) mass is 400 g/mol. The smallest absolute Gasteiger partial charge is 0.336 e. The Bertz CT molecular complexity index is 1300. The molecule has 3 aromatic rings. The lowest BCUT2D eigenvalue weighted by atomic mass is 9.97. The van der Waals surface area contributed by atoms with Crippen LogP contribution in [0.4, 0.5) is 0 Å². The Hall–Kier alpha value is -3.77. The maximum Gasteiger partial charge on any atom is 0.336 e. The molecule has 1 aromatic heterocycles. The van der Waals surface area contributed by atoms with Crippen LogP contribution in [0.2, 0.25) is 0 Å². The van der Waals surface area contributed by atoms with Gasteiger partial charge in [0.05, 0.1) is 26.4 Å². The topological polar surface area (TPSA) is 96.2 Å². The molecule has 1 saturated carbocycles. The van der Waals surface area contributed by atoms with Gasteiger partial charge in [-0.3, -0.25) is 0 Å². The van der Waals surface area contributed by atoms with Gasteiger partial charge in [-0.15, -0.1) is 0 Å². The minimum atomic E-state index is -1.32. The van der Waals surface area contributed by atoms with Crippen LogP contribution < -0.4 is 15.1 Å².